The fourth-order valence-electron chi connectivity index (χ4n) is 1.86. The lowest BCUT2D eigenvalue weighted by atomic mass is 10.0. The average molecular weight is 203 g/mol. The summed E-state index contributed by atoms with van der Waals surface area (Å²) in [5, 5.41) is 0. The molecule has 2 nitrogen and oxygen atoms in total. The summed E-state index contributed by atoms with van der Waals surface area (Å²) in [7, 11) is 0. The highest BCUT2D eigenvalue weighted by Gasteiger charge is 2.15. The molecule has 0 amide bonds. The molecule has 0 aromatic heterocycles. The Kier molecular flexibility index (Phi) is 5.44. The molecule has 0 spiro atoms. The van der Waals surface area contributed by atoms with Crippen LogP contribution in [-0.2, 0) is 0 Å². The summed E-state index contributed by atoms with van der Waals surface area (Å²) in [6.07, 6.45) is 5.91. The molecule has 1 atom stereocenters. The van der Waals surface area contributed by atoms with E-state index in [2.05, 4.69) is 4.90 Å². The van der Waals surface area contributed by atoms with Gasteiger partial charge in [0, 0.05) is 18.6 Å². The number of hydrogen-bond donors (Lipinski definition) is 1. The third kappa shape index (κ3) is 4.12. The maximum atomic E-state index is 5.69. The predicted octanol–water partition coefficient (Wildman–Crippen LogP) is 1.80. The van der Waals surface area contributed by atoms with Crippen molar-refractivity contribution in [1.29, 1.82) is 0 Å². The first-order valence-electron chi connectivity index (χ1n) is 5.04. The molecule has 0 radical (unpaired) electrons. The van der Waals surface area contributed by atoms with Gasteiger partial charge in [0.15, 0.2) is 0 Å². The Morgan fingerprint density at radius 2 is 2.31 bits per heavy atom. The van der Waals surface area contributed by atoms with E-state index in [1.807, 2.05) is 6.08 Å². The molecule has 13 heavy (non-hydrogen) atoms. The molecule has 1 unspecified atom stereocenters. The highest BCUT2D eigenvalue weighted by molar-refractivity contribution is 6.25. The van der Waals surface area contributed by atoms with Gasteiger partial charge in [0.05, 0.1) is 0 Å². The van der Waals surface area contributed by atoms with Gasteiger partial charge in [0.25, 0.3) is 0 Å². The number of hydrogen-bond acceptors (Lipinski definition) is 2. The van der Waals surface area contributed by atoms with Crippen LogP contribution in [-0.4, -0.2) is 31.1 Å². The Bertz CT molecular complexity index is 159. The minimum atomic E-state index is 0.686. The molecule has 1 aliphatic rings. The lowest BCUT2D eigenvalue weighted by Gasteiger charge is -2.21. The molecular weight excluding hydrogens is 184 g/mol. The molecular formula is C10H19ClN2. The maximum absolute atomic E-state index is 5.69. The van der Waals surface area contributed by atoms with E-state index in [0.29, 0.717) is 5.92 Å². The van der Waals surface area contributed by atoms with Gasteiger partial charge in [-0.15, -0.1) is 0 Å². The summed E-state index contributed by atoms with van der Waals surface area (Å²) in [4.78, 5) is 2.43. The van der Waals surface area contributed by atoms with E-state index >= 15 is 0 Å². The van der Waals surface area contributed by atoms with Gasteiger partial charge in [-0.05, 0) is 31.8 Å². The predicted molar refractivity (Wildman–Crippen MR) is 57.8 cm³/mol. The van der Waals surface area contributed by atoms with Gasteiger partial charge in [-0.25, -0.2) is 0 Å². The van der Waals surface area contributed by atoms with E-state index in [-0.39, 0.29) is 0 Å². The van der Waals surface area contributed by atoms with E-state index in [1.165, 1.54) is 25.8 Å². The van der Waals surface area contributed by atoms with Crippen LogP contribution in [0.5, 0.6) is 0 Å². The maximum Gasteiger partial charge on any atom is 0.0174 e. The van der Waals surface area contributed by atoms with Crippen molar-refractivity contribution in [2.45, 2.75) is 19.3 Å². The molecule has 1 rings (SSSR count). The van der Waals surface area contributed by atoms with Crippen molar-refractivity contribution in [3.8, 4) is 0 Å². The van der Waals surface area contributed by atoms with E-state index < -0.39 is 0 Å². The normalized spacial score (nSPS) is 26.5. The molecule has 1 aliphatic heterocycles. The van der Waals surface area contributed by atoms with Gasteiger partial charge in [0.2, 0.25) is 0 Å². The second-order valence-electron chi connectivity index (χ2n) is 3.72. The van der Waals surface area contributed by atoms with Crippen LogP contribution < -0.4 is 5.73 Å². The van der Waals surface area contributed by atoms with Crippen LogP contribution in [0, 0.1) is 5.92 Å². The van der Waals surface area contributed by atoms with Crippen LogP contribution in [0.1, 0.15) is 19.3 Å². The summed E-state index contributed by atoms with van der Waals surface area (Å²) in [5.74, 6) is 0.686. The van der Waals surface area contributed by atoms with Crippen molar-refractivity contribution in [1.82, 2.24) is 4.90 Å². The quantitative estimate of drug-likeness (QED) is 0.757. The van der Waals surface area contributed by atoms with Crippen molar-refractivity contribution in [2.24, 2.45) is 11.7 Å². The zero-order valence-corrected chi connectivity index (χ0v) is 8.84. The van der Waals surface area contributed by atoms with Gasteiger partial charge < -0.3 is 5.73 Å². The van der Waals surface area contributed by atoms with Gasteiger partial charge in [-0.1, -0.05) is 24.1 Å². The van der Waals surface area contributed by atoms with E-state index in [9.17, 15) is 0 Å². The third-order valence-electron chi connectivity index (χ3n) is 2.64. The minimum absolute atomic E-state index is 0.686. The number of halogens is 1. The van der Waals surface area contributed by atoms with Crippen molar-refractivity contribution in [2.75, 3.05) is 26.2 Å². The van der Waals surface area contributed by atoms with E-state index in [4.69, 9.17) is 17.3 Å². The van der Waals surface area contributed by atoms with Gasteiger partial charge in [0.1, 0.15) is 0 Å². The topological polar surface area (TPSA) is 29.3 Å². The highest BCUT2D eigenvalue weighted by Crippen LogP contribution is 2.15. The molecule has 1 saturated heterocycles. The van der Waals surface area contributed by atoms with Crippen LogP contribution in [0.2, 0.25) is 0 Å². The van der Waals surface area contributed by atoms with Crippen molar-refractivity contribution in [3.05, 3.63) is 11.6 Å². The smallest absolute Gasteiger partial charge is 0.0174 e. The van der Waals surface area contributed by atoms with Crippen LogP contribution >= 0.6 is 11.6 Å². The summed E-state index contributed by atoms with van der Waals surface area (Å²) in [5.41, 5.74) is 7.29. The van der Waals surface area contributed by atoms with Crippen LogP contribution in [0.3, 0.4) is 0 Å². The molecule has 0 aliphatic carbocycles. The number of likely N-dealkylation sites (tertiary alicyclic amines) is 1. The Hall–Kier alpha value is -0.0500. The molecule has 0 aromatic carbocycles. The van der Waals surface area contributed by atoms with Gasteiger partial charge >= 0.3 is 0 Å². The zero-order chi connectivity index (χ0) is 9.52. The van der Waals surface area contributed by atoms with Crippen molar-refractivity contribution >= 4 is 11.6 Å². The second-order valence-corrected chi connectivity index (χ2v) is 3.97. The molecule has 1 fully saturated rings. The molecule has 3 heteroatoms. The molecule has 76 valence electrons. The summed E-state index contributed by atoms with van der Waals surface area (Å²) >= 11 is 5.50. The largest absolute Gasteiger partial charge is 0.330 e. The molecule has 2 N–H and O–H groups in total. The third-order valence-corrected chi connectivity index (χ3v) is 2.82. The standard InChI is InChI=1S/C10H19ClN2/c11-5-3-7-13-6-2-1-4-10(8-12)9-13/h3,5,10H,1-2,4,6-9,12H2/b5-3+. The minimum Gasteiger partial charge on any atom is -0.330 e. The van der Waals surface area contributed by atoms with Gasteiger partial charge in [-0.2, -0.15) is 0 Å². The number of nitrogens with zero attached hydrogens (tertiary/aromatic N) is 1. The summed E-state index contributed by atoms with van der Waals surface area (Å²) < 4.78 is 0. The Labute approximate surface area is 85.7 Å². The Morgan fingerprint density at radius 3 is 3.00 bits per heavy atom. The average Bonchev–Trinajstić information content (AvgIpc) is 2.39. The first kappa shape index (κ1) is 11.0. The van der Waals surface area contributed by atoms with Crippen LogP contribution in [0.4, 0.5) is 0 Å². The fourth-order valence-corrected chi connectivity index (χ4v) is 1.94. The Balaban J connectivity index is 2.34. The SMILES string of the molecule is NCC1CCCCN(C/C=C/Cl)C1. The molecule has 0 aromatic rings. The summed E-state index contributed by atoms with van der Waals surface area (Å²) in [6, 6.07) is 0. The van der Waals surface area contributed by atoms with Crippen molar-refractivity contribution < 1.29 is 0 Å². The molecule has 1 heterocycles. The first-order chi connectivity index (χ1) is 6.36. The van der Waals surface area contributed by atoms with E-state index in [1.54, 1.807) is 5.54 Å². The molecule has 0 saturated carbocycles. The monoisotopic (exact) mass is 202 g/mol. The van der Waals surface area contributed by atoms with Crippen LogP contribution in [0.15, 0.2) is 11.6 Å². The van der Waals surface area contributed by atoms with Crippen molar-refractivity contribution in [3.63, 3.8) is 0 Å². The van der Waals surface area contributed by atoms with Crippen LogP contribution in [0.25, 0.3) is 0 Å². The number of rotatable bonds is 3. The lowest BCUT2D eigenvalue weighted by molar-refractivity contribution is 0.276. The number of nitrogens with two attached hydrogens (primary N) is 1. The zero-order valence-electron chi connectivity index (χ0n) is 8.08. The fraction of sp³-hybridized carbons (Fsp3) is 0.800. The molecule has 0 bridgehead atoms. The second kappa shape index (κ2) is 6.41. The first-order valence-corrected chi connectivity index (χ1v) is 5.48. The van der Waals surface area contributed by atoms with E-state index in [0.717, 1.165) is 19.6 Å². The Morgan fingerprint density at radius 1 is 1.46 bits per heavy atom. The lowest BCUT2D eigenvalue weighted by Crippen LogP contribution is -2.31. The highest BCUT2D eigenvalue weighted by atomic mass is 35.5. The summed E-state index contributed by atoms with van der Waals surface area (Å²) in [6.45, 7) is 4.12. The van der Waals surface area contributed by atoms with Gasteiger partial charge in [-0.3, -0.25) is 4.90 Å².